The Morgan fingerprint density at radius 3 is 2.33 bits per heavy atom. The molecule has 1 aliphatic heterocycles. The van der Waals surface area contributed by atoms with Crippen molar-refractivity contribution in [2.45, 2.75) is 62.7 Å². The van der Waals surface area contributed by atoms with Gasteiger partial charge < -0.3 is 10.1 Å². The van der Waals surface area contributed by atoms with E-state index in [1.807, 2.05) is 0 Å². The van der Waals surface area contributed by atoms with Gasteiger partial charge in [0.2, 0.25) is 10.0 Å². The van der Waals surface area contributed by atoms with Gasteiger partial charge in [0.25, 0.3) is 5.91 Å². The molecule has 1 saturated heterocycles. The highest BCUT2D eigenvalue weighted by Crippen LogP contribution is 2.28. The van der Waals surface area contributed by atoms with E-state index in [0.717, 1.165) is 57.8 Å². The number of carbonyl (C=O) groups is 2. The first-order valence-corrected chi connectivity index (χ1v) is 12.5. The Balaban J connectivity index is 1.63. The smallest absolute Gasteiger partial charge is 0.309 e. The number of esters is 1. The van der Waals surface area contributed by atoms with Crippen molar-refractivity contribution in [2.24, 2.45) is 5.92 Å². The van der Waals surface area contributed by atoms with Crippen LogP contribution in [0, 0.1) is 5.92 Å². The van der Waals surface area contributed by atoms with Gasteiger partial charge in [-0.3, -0.25) is 9.59 Å². The largest absolute Gasteiger partial charge is 0.455 e. The molecule has 9 heteroatoms. The van der Waals surface area contributed by atoms with E-state index >= 15 is 0 Å². The SMILES string of the molecule is O=C(COC(=O)C1CCCCC1)Nc1cc(S(=O)(=O)N2CCCCCC2)ccc1Cl. The highest BCUT2D eigenvalue weighted by molar-refractivity contribution is 7.89. The number of rotatable bonds is 6. The van der Waals surface area contributed by atoms with Gasteiger partial charge in [0, 0.05) is 13.1 Å². The van der Waals surface area contributed by atoms with Crippen molar-refractivity contribution in [3.8, 4) is 0 Å². The zero-order valence-corrected chi connectivity index (χ0v) is 18.6. The first kappa shape index (κ1) is 23.0. The molecule has 7 nitrogen and oxygen atoms in total. The number of benzene rings is 1. The number of hydrogen-bond acceptors (Lipinski definition) is 5. The standard InChI is InChI=1S/C21H29ClN2O5S/c22-18-11-10-17(30(27,28)24-12-6-1-2-7-13-24)14-19(18)23-20(25)15-29-21(26)16-8-4-3-5-9-16/h10-11,14,16H,1-9,12-13,15H2,(H,23,25). The van der Waals surface area contributed by atoms with Crippen LogP contribution < -0.4 is 5.32 Å². The van der Waals surface area contributed by atoms with Crippen LogP contribution in [0.1, 0.15) is 57.8 Å². The van der Waals surface area contributed by atoms with Gasteiger partial charge in [0.1, 0.15) is 0 Å². The number of halogens is 1. The fourth-order valence-corrected chi connectivity index (χ4v) is 5.68. The molecule has 1 aromatic rings. The van der Waals surface area contributed by atoms with Crippen molar-refractivity contribution >= 4 is 39.2 Å². The second-order valence-electron chi connectivity index (χ2n) is 7.95. The van der Waals surface area contributed by atoms with E-state index < -0.39 is 22.5 Å². The molecule has 1 aliphatic carbocycles. The van der Waals surface area contributed by atoms with Crippen molar-refractivity contribution in [1.29, 1.82) is 0 Å². The second kappa shape index (κ2) is 10.6. The molecule has 30 heavy (non-hydrogen) atoms. The maximum atomic E-state index is 13.0. The number of ether oxygens (including phenoxy) is 1. The minimum Gasteiger partial charge on any atom is -0.455 e. The molecule has 0 spiro atoms. The fourth-order valence-electron chi connectivity index (χ4n) is 3.97. The van der Waals surface area contributed by atoms with E-state index in [1.165, 1.54) is 22.5 Å². The van der Waals surface area contributed by atoms with E-state index in [0.29, 0.717) is 13.1 Å². The average Bonchev–Trinajstić information content (AvgIpc) is 3.04. The highest BCUT2D eigenvalue weighted by atomic mass is 35.5. The molecule has 0 radical (unpaired) electrons. The van der Waals surface area contributed by atoms with Crippen LogP contribution in [0.3, 0.4) is 0 Å². The first-order valence-electron chi connectivity index (χ1n) is 10.6. The van der Waals surface area contributed by atoms with Crippen molar-refractivity contribution in [1.82, 2.24) is 4.31 Å². The molecule has 3 rings (SSSR count). The molecule has 2 aliphatic rings. The number of nitrogens with zero attached hydrogens (tertiary/aromatic N) is 1. The Bertz CT molecular complexity index is 860. The third kappa shape index (κ3) is 5.95. The zero-order valence-electron chi connectivity index (χ0n) is 17.1. The summed E-state index contributed by atoms with van der Waals surface area (Å²) >= 11 is 6.16. The topological polar surface area (TPSA) is 92.8 Å². The van der Waals surface area contributed by atoms with E-state index in [4.69, 9.17) is 16.3 Å². The van der Waals surface area contributed by atoms with E-state index in [9.17, 15) is 18.0 Å². The lowest BCUT2D eigenvalue weighted by Crippen LogP contribution is -2.32. The number of nitrogens with one attached hydrogen (secondary N) is 1. The summed E-state index contributed by atoms with van der Waals surface area (Å²) < 4.78 is 32.6. The molecule has 0 unspecified atom stereocenters. The lowest BCUT2D eigenvalue weighted by atomic mass is 9.89. The number of carbonyl (C=O) groups excluding carboxylic acids is 2. The molecular formula is C21H29ClN2O5S. The summed E-state index contributed by atoms with van der Waals surface area (Å²) in [6.07, 6.45) is 8.43. The molecule has 0 aromatic heterocycles. The third-order valence-electron chi connectivity index (χ3n) is 5.70. The van der Waals surface area contributed by atoms with Crippen molar-refractivity contribution < 1.29 is 22.7 Å². The van der Waals surface area contributed by atoms with Crippen LogP contribution in [0.15, 0.2) is 23.1 Å². The Labute approximate surface area is 183 Å². The summed E-state index contributed by atoms with van der Waals surface area (Å²) in [4.78, 5) is 24.4. The molecule has 1 amide bonds. The number of anilines is 1. The van der Waals surface area contributed by atoms with Crippen molar-refractivity contribution in [3.05, 3.63) is 23.2 Å². The van der Waals surface area contributed by atoms with Gasteiger partial charge >= 0.3 is 5.97 Å². The lowest BCUT2D eigenvalue weighted by Gasteiger charge is -2.21. The summed E-state index contributed by atoms with van der Waals surface area (Å²) in [5.74, 6) is -1.05. The Morgan fingerprint density at radius 1 is 1.03 bits per heavy atom. The molecule has 1 heterocycles. The van der Waals surface area contributed by atoms with Crippen molar-refractivity contribution in [3.63, 3.8) is 0 Å². The third-order valence-corrected chi connectivity index (χ3v) is 7.92. The van der Waals surface area contributed by atoms with Gasteiger partial charge in [0.05, 0.1) is 21.5 Å². The van der Waals surface area contributed by atoms with E-state index in [2.05, 4.69) is 5.32 Å². The van der Waals surface area contributed by atoms with Crippen LogP contribution in [-0.4, -0.2) is 44.3 Å². The number of hydrogen-bond donors (Lipinski definition) is 1. The van der Waals surface area contributed by atoms with Crippen LogP contribution in [-0.2, 0) is 24.3 Å². The maximum absolute atomic E-state index is 13.0. The minimum absolute atomic E-state index is 0.0864. The normalized spacial score (nSPS) is 19.1. The van der Waals surface area contributed by atoms with Gasteiger partial charge in [-0.05, 0) is 43.9 Å². The van der Waals surface area contributed by atoms with Gasteiger partial charge in [-0.2, -0.15) is 4.31 Å². The summed E-state index contributed by atoms with van der Waals surface area (Å²) in [6.45, 7) is 0.558. The van der Waals surface area contributed by atoms with Crippen LogP contribution in [0.25, 0.3) is 0 Å². The van der Waals surface area contributed by atoms with Crippen LogP contribution in [0.2, 0.25) is 5.02 Å². The Morgan fingerprint density at radius 2 is 1.67 bits per heavy atom. The van der Waals surface area contributed by atoms with Crippen LogP contribution in [0.4, 0.5) is 5.69 Å². The quantitative estimate of drug-likeness (QED) is 0.654. The summed E-state index contributed by atoms with van der Waals surface area (Å²) in [6, 6.07) is 4.26. The zero-order chi connectivity index (χ0) is 21.6. The second-order valence-corrected chi connectivity index (χ2v) is 10.3. The minimum atomic E-state index is -3.66. The summed E-state index contributed by atoms with van der Waals surface area (Å²) in [5, 5.41) is 2.78. The summed E-state index contributed by atoms with van der Waals surface area (Å²) in [7, 11) is -3.66. The Hall–Kier alpha value is -1.64. The van der Waals surface area contributed by atoms with Crippen LogP contribution in [0.5, 0.6) is 0 Å². The van der Waals surface area contributed by atoms with E-state index in [1.54, 1.807) is 0 Å². The molecule has 2 fully saturated rings. The Kier molecular flexibility index (Phi) is 8.13. The molecular weight excluding hydrogens is 428 g/mol. The molecule has 1 aromatic carbocycles. The van der Waals surface area contributed by atoms with E-state index in [-0.39, 0.29) is 27.5 Å². The average molecular weight is 457 g/mol. The summed E-state index contributed by atoms with van der Waals surface area (Å²) in [5.41, 5.74) is 0.186. The monoisotopic (exact) mass is 456 g/mol. The fraction of sp³-hybridized carbons (Fsp3) is 0.619. The molecule has 1 N–H and O–H groups in total. The van der Waals surface area contributed by atoms with Gasteiger partial charge in [-0.25, -0.2) is 8.42 Å². The number of amides is 1. The van der Waals surface area contributed by atoms with Gasteiger partial charge in [-0.15, -0.1) is 0 Å². The first-order chi connectivity index (χ1) is 14.4. The van der Waals surface area contributed by atoms with Gasteiger partial charge in [0.15, 0.2) is 6.61 Å². The highest BCUT2D eigenvalue weighted by Gasteiger charge is 2.26. The van der Waals surface area contributed by atoms with Gasteiger partial charge in [-0.1, -0.05) is 43.7 Å². The number of sulfonamides is 1. The molecule has 0 atom stereocenters. The maximum Gasteiger partial charge on any atom is 0.309 e. The predicted octanol–water partition coefficient (Wildman–Crippen LogP) is 3.97. The molecule has 0 bridgehead atoms. The van der Waals surface area contributed by atoms with Crippen molar-refractivity contribution in [2.75, 3.05) is 25.0 Å². The van der Waals surface area contributed by atoms with Crippen LogP contribution >= 0.6 is 11.6 Å². The molecule has 166 valence electrons. The lowest BCUT2D eigenvalue weighted by molar-refractivity contribution is -0.152. The molecule has 1 saturated carbocycles. The predicted molar refractivity (Wildman–Crippen MR) is 115 cm³/mol.